The maximum Gasteiger partial charge on any atom is 0.0513 e. The molecule has 2 aliphatic rings. The number of hydrogen-bond donors (Lipinski definition) is 1. The molecule has 2 fully saturated rings. The van der Waals surface area contributed by atoms with Gasteiger partial charge >= 0.3 is 0 Å². The molecule has 1 aromatic carbocycles. The lowest BCUT2D eigenvalue weighted by Gasteiger charge is -2.36. The largest absolute Gasteiger partial charge is 0.396 e. The lowest BCUT2D eigenvalue weighted by Crippen LogP contribution is -2.41. The Bertz CT molecular complexity index is 473. The second kappa shape index (κ2) is 5.64. The molecule has 1 N–H and O–H groups in total. The highest BCUT2D eigenvalue weighted by atomic mass is 35.5. The minimum Gasteiger partial charge on any atom is -0.396 e. The topological polar surface area (TPSA) is 32.7 Å². The summed E-state index contributed by atoms with van der Waals surface area (Å²) in [6, 6.07) is 6.06. The van der Waals surface area contributed by atoms with E-state index in [4.69, 9.17) is 16.3 Å². The average molecular weight is 296 g/mol. The molecule has 2 aliphatic heterocycles. The van der Waals surface area contributed by atoms with E-state index in [9.17, 15) is 5.11 Å². The molecule has 1 aromatic rings. The van der Waals surface area contributed by atoms with Crippen molar-refractivity contribution in [1.82, 2.24) is 4.90 Å². The van der Waals surface area contributed by atoms with Crippen molar-refractivity contribution >= 4 is 11.6 Å². The third-order valence-corrected chi connectivity index (χ3v) is 5.35. The zero-order valence-corrected chi connectivity index (χ0v) is 12.7. The second-order valence-corrected chi connectivity index (χ2v) is 6.65. The molecule has 2 heterocycles. The van der Waals surface area contributed by atoms with Gasteiger partial charge < -0.3 is 9.84 Å². The van der Waals surface area contributed by atoms with E-state index in [1.807, 2.05) is 12.1 Å². The second-order valence-electron chi connectivity index (χ2n) is 6.25. The van der Waals surface area contributed by atoms with Gasteiger partial charge in [0.1, 0.15) is 0 Å². The lowest BCUT2D eigenvalue weighted by atomic mass is 9.75. The Balaban J connectivity index is 1.77. The first-order chi connectivity index (χ1) is 9.64. The van der Waals surface area contributed by atoms with Gasteiger partial charge in [-0.3, -0.25) is 4.90 Å². The number of fused-ring (bicyclic) bond motifs is 1. The van der Waals surface area contributed by atoms with Gasteiger partial charge in [-0.25, -0.2) is 0 Å². The van der Waals surface area contributed by atoms with Crippen LogP contribution < -0.4 is 0 Å². The number of hydrogen-bond acceptors (Lipinski definition) is 3. The fourth-order valence-corrected chi connectivity index (χ4v) is 3.91. The predicted molar refractivity (Wildman–Crippen MR) is 79.9 cm³/mol. The summed E-state index contributed by atoms with van der Waals surface area (Å²) in [6.45, 7) is 6.72. The molecule has 0 radical (unpaired) electrons. The van der Waals surface area contributed by atoms with Crippen LogP contribution in [0.1, 0.15) is 17.5 Å². The summed E-state index contributed by atoms with van der Waals surface area (Å²) in [5.74, 6) is 0.448. The van der Waals surface area contributed by atoms with Gasteiger partial charge in [0.25, 0.3) is 0 Å². The Morgan fingerprint density at radius 2 is 2.35 bits per heavy atom. The normalized spacial score (nSPS) is 30.4. The Hall–Kier alpha value is -0.610. The summed E-state index contributed by atoms with van der Waals surface area (Å²) in [5, 5.41) is 10.7. The van der Waals surface area contributed by atoms with Gasteiger partial charge in [-0.05, 0) is 30.5 Å². The number of aliphatic hydroxyl groups excluding tert-OH is 1. The highest BCUT2D eigenvalue weighted by Gasteiger charge is 2.47. The number of benzene rings is 1. The fraction of sp³-hybridized carbons (Fsp3) is 0.625. The molecule has 20 heavy (non-hydrogen) atoms. The van der Waals surface area contributed by atoms with Gasteiger partial charge in [0, 0.05) is 42.6 Å². The first-order valence-corrected chi connectivity index (χ1v) is 7.67. The number of rotatable bonds is 3. The number of likely N-dealkylation sites (tertiary alicyclic amines) is 1. The van der Waals surface area contributed by atoms with Crippen molar-refractivity contribution in [2.45, 2.75) is 19.9 Å². The molecular weight excluding hydrogens is 274 g/mol. The SMILES string of the molecule is Cc1cccc(Cl)c1CN1C[C@@H]2COCC[C@]2(CO)C1. The highest BCUT2D eigenvalue weighted by molar-refractivity contribution is 6.31. The molecule has 0 saturated carbocycles. The van der Waals surface area contributed by atoms with E-state index in [1.54, 1.807) is 0 Å². The number of nitrogens with zero attached hydrogens (tertiary/aromatic N) is 1. The van der Waals surface area contributed by atoms with Gasteiger partial charge in [0.05, 0.1) is 13.2 Å². The van der Waals surface area contributed by atoms with E-state index >= 15 is 0 Å². The molecule has 0 amide bonds. The van der Waals surface area contributed by atoms with Crippen LogP contribution in [0.2, 0.25) is 5.02 Å². The van der Waals surface area contributed by atoms with Crippen molar-refractivity contribution in [2.75, 3.05) is 32.9 Å². The number of ether oxygens (including phenoxy) is 1. The number of halogens is 1. The van der Waals surface area contributed by atoms with Crippen LogP contribution in [-0.4, -0.2) is 42.9 Å². The molecule has 2 atom stereocenters. The van der Waals surface area contributed by atoms with Crippen molar-refractivity contribution in [1.29, 1.82) is 0 Å². The third kappa shape index (κ3) is 2.48. The van der Waals surface area contributed by atoms with Crippen LogP contribution in [-0.2, 0) is 11.3 Å². The number of aryl methyl sites for hydroxylation is 1. The summed E-state index contributed by atoms with van der Waals surface area (Å²) in [7, 11) is 0. The van der Waals surface area contributed by atoms with Gasteiger partial charge in [-0.2, -0.15) is 0 Å². The van der Waals surface area contributed by atoms with Crippen molar-refractivity contribution < 1.29 is 9.84 Å². The average Bonchev–Trinajstić information content (AvgIpc) is 2.82. The molecule has 4 heteroatoms. The number of aliphatic hydroxyl groups is 1. The molecule has 3 rings (SSSR count). The maximum absolute atomic E-state index is 9.84. The van der Waals surface area contributed by atoms with Crippen molar-refractivity contribution in [3.8, 4) is 0 Å². The zero-order valence-electron chi connectivity index (χ0n) is 11.9. The highest BCUT2D eigenvalue weighted by Crippen LogP contribution is 2.42. The van der Waals surface area contributed by atoms with Crippen LogP contribution in [0.4, 0.5) is 0 Å². The van der Waals surface area contributed by atoms with Crippen LogP contribution in [0.3, 0.4) is 0 Å². The Morgan fingerprint density at radius 1 is 1.50 bits per heavy atom. The Morgan fingerprint density at radius 3 is 3.05 bits per heavy atom. The fourth-order valence-electron chi connectivity index (χ4n) is 3.63. The summed E-state index contributed by atoms with van der Waals surface area (Å²) in [4.78, 5) is 2.42. The van der Waals surface area contributed by atoms with E-state index in [2.05, 4.69) is 17.9 Å². The summed E-state index contributed by atoms with van der Waals surface area (Å²) >= 11 is 6.33. The van der Waals surface area contributed by atoms with Crippen molar-refractivity contribution in [3.63, 3.8) is 0 Å². The van der Waals surface area contributed by atoms with Gasteiger partial charge in [0.2, 0.25) is 0 Å². The third-order valence-electron chi connectivity index (χ3n) is 5.00. The molecular formula is C16H22ClNO2. The van der Waals surface area contributed by atoms with Gasteiger partial charge in [0.15, 0.2) is 0 Å². The minimum atomic E-state index is 0.0351. The molecule has 2 saturated heterocycles. The zero-order chi connectivity index (χ0) is 14.2. The van der Waals surface area contributed by atoms with Crippen LogP contribution in [0.25, 0.3) is 0 Å². The molecule has 0 spiro atoms. The van der Waals surface area contributed by atoms with Crippen molar-refractivity contribution in [3.05, 3.63) is 34.3 Å². The first kappa shape index (κ1) is 14.3. The standard InChI is InChI=1S/C16H22ClNO2/c1-12-3-2-4-15(17)14(12)8-18-7-13-9-20-6-5-16(13,10-18)11-19/h2-4,13,19H,5-11H2,1H3/t13-,16-/m1/s1. The molecule has 3 nitrogen and oxygen atoms in total. The quantitative estimate of drug-likeness (QED) is 0.930. The van der Waals surface area contributed by atoms with Crippen molar-refractivity contribution in [2.24, 2.45) is 11.3 Å². The molecule has 0 aromatic heterocycles. The first-order valence-electron chi connectivity index (χ1n) is 7.29. The van der Waals surface area contributed by atoms with Crippen LogP contribution in [0, 0.1) is 18.3 Å². The van der Waals surface area contributed by atoms with Gasteiger partial charge in [-0.1, -0.05) is 23.7 Å². The van der Waals surface area contributed by atoms with E-state index in [1.165, 1.54) is 11.1 Å². The van der Waals surface area contributed by atoms with Gasteiger partial charge in [-0.15, -0.1) is 0 Å². The smallest absolute Gasteiger partial charge is 0.0513 e. The summed E-state index contributed by atoms with van der Waals surface area (Å²) in [6.07, 6.45) is 0.964. The van der Waals surface area contributed by atoms with Crippen LogP contribution in [0.15, 0.2) is 18.2 Å². The monoisotopic (exact) mass is 295 g/mol. The van der Waals surface area contributed by atoms with E-state index in [-0.39, 0.29) is 12.0 Å². The minimum absolute atomic E-state index is 0.0351. The molecule has 0 bridgehead atoms. The molecule has 0 unspecified atom stereocenters. The maximum atomic E-state index is 9.84. The lowest BCUT2D eigenvalue weighted by molar-refractivity contribution is -0.0417. The summed E-state index contributed by atoms with van der Waals surface area (Å²) in [5.41, 5.74) is 2.48. The predicted octanol–water partition coefficient (Wildman–Crippen LogP) is 2.48. The molecule has 0 aliphatic carbocycles. The van der Waals surface area contributed by atoms with E-state index in [0.29, 0.717) is 5.92 Å². The Kier molecular flexibility index (Phi) is 4.04. The van der Waals surface area contributed by atoms with Crippen LogP contribution in [0.5, 0.6) is 0 Å². The van der Waals surface area contributed by atoms with Crippen LogP contribution >= 0.6 is 11.6 Å². The Labute approximate surface area is 125 Å². The molecule has 110 valence electrons. The van der Waals surface area contributed by atoms with E-state index in [0.717, 1.165) is 44.3 Å². The summed E-state index contributed by atoms with van der Waals surface area (Å²) < 4.78 is 5.59. The van der Waals surface area contributed by atoms with E-state index < -0.39 is 0 Å².